The molecule has 0 radical (unpaired) electrons. The Balaban J connectivity index is 2.27. The van der Waals surface area contributed by atoms with Crippen LogP contribution in [0.25, 0.3) is 0 Å². The van der Waals surface area contributed by atoms with E-state index in [9.17, 15) is 0 Å². The van der Waals surface area contributed by atoms with Crippen LogP contribution in [0.3, 0.4) is 0 Å². The molecule has 2 rings (SSSR count). The van der Waals surface area contributed by atoms with Gasteiger partial charge in [0.1, 0.15) is 5.82 Å². The minimum absolute atomic E-state index is 0.541. The average Bonchev–Trinajstić information content (AvgIpc) is 2.27. The molecule has 0 bridgehead atoms. The molecule has 4 nitrogen and oxygen atoms in total. The average molecular weight is 167 g/mol. The van der Waals surface area contributed by atoms with Crippen LogP contribution in [-0.2, 0) is 0 Å². The molecule has 0 spiro atoms. The van der Waals surface area contributed by atoms with E-state index in [4.69, 9.17) is 10.5 Å². The van der Waals surface area contributed by atoms with Crippen LogP contribution in [0, 0.1) is 0 Å². The smallest absolute Gasteiger partial charge is 0.298 e. The third kappa shape index (κ3) is 1.03. The summed E-state index contributed by atoms with van der Waals surface area (Å²) >= 11 is 0. The molecule has 1 aromatic rings. The van der Waals surface area contributed by atoms with Crippen LogP contribution in [0.1, 0.15) is 25.3 Å². The molecule has 0 saturated heterocycles. The van der Waals surface area contributed by atoms with Crippen molar-refractivity contribution in [2.75, 3.05) is 12.8 Å². The van der Waals surface area contributed by atoms with Crippen molar-refractivity contribution in [2.45, 2.75) is 25.3 Å². The first-order valence-electron chi connectivity index (χ1n) is 4.19. The fourth-order valence-electron chi connectivity index (χ4n) is 1.47. The number of rotatable bonds is 2. The highest BCUT2D eigenvalue weighted by atomic mass is 16.5. The quantitative estimate of drug-likeness (QED) is 0.720. The van der Waals surface area contributed by atoms with Crippen LogP contribution in [0.15, 0.2) is 6.20 Å². The van der Waals surface area contributed by atoms with Gasteiger partial charge in [0.15, 0.2) is 0 Å². The third-order valence-corrected chi connectivity index (χ3v) is 2.37. The number of nitrogen functional groups attached to an aromatic ring is 1. The maximum atomic E-state index is 5.56. The number of anilines is 1. The van der Waals surface area contributed by atoms with Crippen molar-refractivity contribution in [3.8, 4) is 6.01 Å². The number of nitrogens with zero attached hydrogens (tertiary/aromatic N) is 2. The molecular formula is C8H13N3O. The largest absolute Gasteiger partial charge is 0.468 e. The van der Waals surface area contributed by atoms with Gasteiger partial charge in [-0.1, -0.05) is 0 Å². The van der Waals surface area contributed by atoms with E-state index in [1.165, 1.54) is 19.3 Å². The van der Waals surface area contributed by atoms with Crippen molar-refractivity contribution in [2.24, 2.45) is 0 Å². The number of nitrogens with two attached hydrogens (primary N) is 1. The van der Waals surface area contributed by atoms with Crippen LogP contribution >= 0.6 is 0 Å². The van der Waals surface area contributed by atoms with Crippen LogP contribution in [0.4, 0.5) is 5.82 Å². The van der Waals surface area contributed by atoms with Crippen molar-refractivity contribution < 1.29 is 4.74 Å². The lowest BCUT2D eigenvalue weighted by molar-refractivity contribution is 0.267. The molecule has 66 valence electrons. The van der Waals surface area contributed by atoms with Crippen molar-refractivity contribution >= 4 is 5.82 Å². The summed E-state index contributed by atoms with van der Waals surface area (Å²) in [4.78, 5) is 4.05. The second-order valence-corrected chi connectivity index (χ2v) is 3.14. The van der Waals surface area contributed by atoms with E-state index < -0.39 is 0 Å². The van der Waals surface area contributed by atoms with Gasteiger partial charge < -0.3 is 10.5 Å². The predicted molar refractivity (Wildman–Crippen MR) is 46.1 cm³/mol. The van der Waals surface area contributed by atoms with Gasteiger partial charge in [-0.3, -0.25) is 4.57 Å². The Kier molecular flexibility index (Phi) is 1.67. The van der Waals surface area contributed by atoms with E-state index in [0.717, 1.165) is 0 Å². The maximum Gasteiger partial charge on any atom is 0.298 e. The Bertz CT molecular complexity index is 278. The van der Waals surface area contributed by atoms with E-state index in [1.54, 1.807) is 7.11 Å². The SMILES string of the molecule is COc1nc(N)cn1C1CCC1. The van der Waals surface area contributed by atoms with Crippen LogP contribution < -0.4 is 10.5 Å². The zero-order chi connectivity index (χ0) is 8.55. The van der Waals surface area contributed by atoms with E-state index in [-0.39, 0.29) is 0 Å². The molecule has 12 heavy (non-hydrogen) atoms. The number of methoxy groups -OCH3 is 1. The van der Waals surface area contributed by atoms with Crippen molar-refractivity contribution in [3.63, 3.8) is 0 Å². The minimum Gasteiger partial charge on any atom is -0.468 e. The molecule has 0 unspecified atom stereocenters. The summed E-state index contributed by atoms with van der Waals surface area (Å²) in [6.07, 6.45) is 5.58. The molecule has 0 atom stereocenters. The first kappa shape index (κ1) is 7.46. The first-order valence-corrected chi connectivity index (χ1v) is 4.19. The second-order valence-electron chi connectivity index (χ2n) is 3.14. The van der Waals surface area contributed by atoms with Crippen LogP contribution in [-0.4, -0.2) is 16.7 Å². The fraction of sp³-hybridized carbons (Fsp3) is 0.625. The van der Waals surface area contributed by atoms with E-state index in [0.29, 0.717) is 17.9 Å². The molecule has 1 aliphatic rings. The monoisotopic (exact) mass is 167 g/mol. The second kappa shape index (κ2) is 2.69. The number of aromatic nitrogens is 2. The molecule has 4 heteroatoms. The lowest BCUT2D eigenvalue weighted by atomic mass is 9.93. The summed E-state index contributed by atoms with van der Waals surface area (Å²) in [6.45, 7) is 0. The van der Waals surface area contributed by atoms with Crippen LogP contribution in [0.2, 0.25) is 0 Å². The number of ether oxygens (including phenoxy) is 1. The first-order chi connectivity index (χ1) is 5.81. The Hall–Kier alpha value is -1.19. The van der Waals surface area contributed by atoms with Gasteiger partial charge >= 0.3 is 0 Å². The zero-order valence-electron chi connectivity index (χ0n) is 7.16. The Morgan fingerprint density at radius 1 is 1.67 bits per heavy atom. The van der Waals surface area contributed by atoms with Gasteiger partial charge in [-0.05, 0) is 19.3 Å². The third-order valence-electron chi connectivity index (χ3n) is 2.37. The molecule has 1 aromatic heterocycles. The van der Waals surface area contributed by atoms with Gasteiger partial charge in [0.05, 0.1) is 13.3 Å². The predicted octanol–water partition coefficient (Wildman–Crippen LogP) is 1.20. The lowest BCUT2D eigenvalue weighted by Crippen LogP contribution is -2.16. The molecular weight excluding hydrogens is 154 g/mol. The summed E-state index contributed by atoms with van der Waals surface area (Å²) < 4.78 is 7.12. The molecule has 1 fully saturated rings. The normalized spacial score (nSPS) is 17.4. The molecule has 1 saturated carbocycles. The van der Waals surface area contributed by atoms with Gasteiger partial charge in [-0.15, -0.1) is 0 Å². The Morgan fingerprint density at radius 2 is 2.42 bits per heavy atom. The van der Waals surface area contributed by atoms with E-state index in [2.05, 4.69) is 4.98 Å². The summed E-state index contributed by atoms with van der Waals surface area (Å²) in [5.41, 5.74) is 5.56. The van der Waals surface area contributed by atoms with Gasteiger partial charge in [0.2, 0.25) is 0 Å². The molecule has 0 aromatic carbocycles. The summed E-state index contributed by atoms with van der Waals surface area (Å²) in [5, 5.41) is 0. The highest BCUT2D eigenvalue weighted by Crippen LogP contribution is 2.34. The number of hydrogen-bond acceptors (Lipinski definition) is 3. The molecule has 0 aliphatic heterocycles. The Labute approximate surface area is 71.3 Å². The zero-order valence-corrected chi connectivity index (χ0v) is 7.16. The standard InChI is InChI=1S/C8H13N3O/c1-12-8-10-7(9)5-11(8)6-3-2-4-6/h5-6H,2-4,9H2,1H3. The lowest BCUT2D eigenvalue weighted by Gasteiger charge is -2.27. The summed E-state index contributed by atoms with van der Waals surface area (Å²) in [6, 6.07) is 1.20. The van der Waals surface area contributed by atoms with E-state index in [1.807, 2.05) is 10.8 Å². The van der Waals surface area contributed by atoms with Crippen molar-refractivity contribution in [1.29, 1.82) is 0 Å². The van der Waals surface area contributed by atoms with Gasteiger partial charge in [-0.25, -0.2) is 0 Å². The number of imidazole rings is 1. The molecule has 0 amide bonds. The summed E-state index contributed by atoms with van der Waals surface area (Å²) in [5.74, 6) is 0.541. The molecule has 2 N–H and O–H groups in total. The van der Waals surface area contributed by atoms with Crippen LogP contribution in [0.5, 0.6) is 6.01 Å². The highest BCUT2D eigenvalue weighted by Gasteiger charge is 2.22. The van der Waals surface area contributed by atoms with E-state index >= 15 is 0 Å². The van der Waals surface area contributed by atoms with Crippen molar-refractivity contribution in [1.82, 2.24) is 9.55 Å². The molecule has 1 aliphatic carbocycles. The topological polar surface area (TPSA) is 53.1 Å². The fourth-order valence-corrected chi connectivity index (χ4v) is 1.47. The molecule has 1 heterocycles. The highest BCUT2D eigenvalue weighted by molar-refractivity contribution is 5.29. The number of hydrogen-bond donors (Lipinski definition) is 1. The maximum absolute atomic E-state index is 5.56. The van der Waals surface area contributed by atoms with Gasteiger partial charge in [0, 0.05) is 6.04 Å². The van der Waals surface area contributed by atoms with Crippen molar-refractivity contribution in [3.05, 3.63) is 6.20 Å². The minimum atomic E-state index is 0.541. The Morgan fingerprint density at radius 3 is 2.92 bits per heavy atom. The van der Waals surface area contributed by atoms with Gasteiger partial charge in [-0.2, -0.15) is 4.98 Å². The van der Waals surface area contributed by atoms with Gasteiger partial charge in [0.25, 0.3) is 6.01 Å². The summed E-state index contributed by atoms with van der Waals surface area (Å²) in [7, 11) is 1.62.